The molecular formula is C11H16O. The van der Waals surface area contributed by atoms with E-state index >= 15 is 0 Å². The van der Waals surface area contributed by atoms with Crippen molar-refractivity contribution in [1.29, 1.82) is 0 Å². The summed E-state index contributed by atoms with van der Waals surface area (Å²) < 4.78 is 0. The van der Waals surface area contributed by atoms with Crippen LogP contribution in [0, 0.1) is 0 Å². The van der Waals surface area contributed by atoms with Gasteiger partial charge in [-0.1, -0.05) is 17.2 Å². The molecule has 12 heavy (non-hydrogen) atoms. The molecule has 0 aromatic carbocycles. The zero-order valence-electron chi connectivity index (χ0n) is 8.11. The molecule has 0 atom stereocenters. The third kappa shape index (κ3) is 2.07. The van der Waals surface area contributed by atoms with Crippen LogP contribution in [0.3, 0.4) is 0 Å². The highest BCUT2D eigenvalue weighted by Gasteiger charge is 2.17. The fourth-order valence-corrected chi connectivity index (χ4v) is 1.42. The molecule has 0 unspecified atom stereocenters. The Morgan fingerprint density at radius 1 is 1.42 bits per heavy atom. The molecule has 1 aliphatic rings. The van der Waals surface area contributed by atoms with Crippen LogP contribution in [0.15, 0.2) is 22.8 Å². The molecule has 0 amide bonds. The maximum absolute atomic E-state index is 11.2. The Kier molecular flexibility index (Phi) is 2.85. The summed E-state index contributed by atoms with van der Waals surface area (Å²) in [6.07, 6.45) is 4.88. The van der Waals surface area contributed by atoms with E-state index in [-0.39, 0.29) is 0 Å². The fraction of sp³-hybridized carbons (Fsp3) is 0.545. The number of ketones is 1. The van der Waals surface area contributed by atoms with E-state index in [1.165, 1.54) is 11.1 Å². The molecule has 0 aliphatic heterocycles. The van der Waals surface area contributed by atoms with Crippen molar-refractivity contribution in [2.75, 3.05) is 0 Å². The van der Waals surface area contributed by atoms with Crippen molar-refractivity contribution < 1.29 is 4.79 Å². The van der Waals surface area contributed by atoms with Gasteiger partial charge in [-0.15, -0.1) is 0 Å². The van der Waals surface area contributed by atoms with E-state index in [4.69, 9.17) is 0 Å². The van der Waals surface area contributed by atoms with E-state index in [0.29, 0.717) is 5.78 Å². The Morgan fingerprint density at radius 2 is 2.08 bits per heavy atom. The zero-order chi connectivity index (χ0) is 9.14. The molecular weight excluding hydrogens is 148 g/mol. The van der Waals surface area contributed by atoms with Crippen molar-refractivity contribution >= 4 is 5.78 Å². The van der Waals surface area contributed by atoms with Gasteiger partial charge in [0.15, 0.2) is 5.78 Å². The van der Waals surface area contributed by atoms with Gasteiger partial charge in [0.1, 0.15) is 0 Å². The number of Topliss-reactive ketones (excluding diaryl/α,β-unsaturated/α-hetero) is 1. The molecule has 0 heterocycles. The quantitative estimate of drug-likeness (QED) is 0.573. The molecule has 0 fully saturated rings. The SMILES string of the molecule is CC(C)=CCC1=C(C)C(=O)CC1. The Labute approximate surface area is 74.2 Å². The normalized spacial score (nSPS) is 17.1. The lowest BCUT2D eigenvalue weighted by Crippen LogP contribution is -1.90. The summed E-state index contributed by atoms with van der Waals surface area (Å²) in [6.45, 7) is 6.13. The molecule has 0 aromatic heterocycles. The van der Waals surface area contributed by atoms with Crippen molar-refractivity contribution in [1.82, 2.24) is 0 Å². The highest BCUT2D eigenvalue weighted by Crippen LogP contribution is 2.25. The van der Waals surface area contributed by atoms with Crippen molar-refractivity contribution in [3.63, 3.8) is 0 Å². The minimum absolute atomic E-state index is 0.340. The first-order valence-corrected chi connectivity index (χ1v) is 4.46. The van der Waals surface area contributed by atoms with E-state index in [9.17, 15) is 4.79 Å². The van der Waals surface area contributed by atoms with Crippen LogP contribution < -0.4 is 0 Å². The highest BCUT2D eigenvalue weighted by molar-refractivity contribution is 5.98. The monoisotopic (exact) mass is 164 g/mol. The Bertz CT molecular complexity index is 252. The standard InChI is InChI=1S/C11H16O/c1-8(2)4-5-10-6-7-11(12)9(10)3/h4H,5-7H2,1-3H3. The Hall–Kier alpha value is -0.850. The number of carbonyl (C=O) groups excluding carboxylic acids is 1. The number of carbonyl (C=O) groups is 1. The first-order valence-electron chi connectivity index (χ1n) is 4.46. The number of allylic oxidation sites excluding steroid dienone is 4. The minimum atomic E-state index is 0.340. The number of hydrogen-bond acceptors (Lipinski definition) is 1. The molecule has 0 radical (unpaired) electrons. The summed E-state index contributed by atoms with van der Waals surface area (Å²) >= 11 is 0. The average Bonchev–Trinajstić information content (AvgIpc) is 2.30. The second-order valence-corrected chi connectivity index (χ2v) is 3.64. The van der Waals surface area contributed by atoms with Crippen molar-refractivity contribution in [3.8, 4) is 0 Å². The lowest BCUT2D eigenvalue weighted by atomic mass is 10.1. The number of hydrogen-bond donors (Lipinski definition) is 0. The molecule has 0 aromatic rings. The van der Waals surface area contributed by atoms with Gasteiger partial charge in [0, 0.05) is 6.42 Å². The fourth-order valence-electron chi connectivity index (χ4n) is 1.42. The van der Waals surface area contributed by atoms with Gasteiger partial charge in [0.2, 0.25) is 0 Å². The van der Waals surface area contributed by atoms with Crippen LogP contribution in [0.2, 0.25) is 0 Å². The van der Waals surface area contributed by atoms with Crippen molar-refractivity contribution in [2.45, 2.75) is 40.0 Å². The molecule has 1 rings (SSSR count). The second kappa shape index (κ2) is 3.70. The molecule has 0 saturated heterocycles. The summed E-state index contributed by atoms with van der Waals surface area (Å²) in [6, 6.07) is 0. The maximum Gasteiger partial charge on any atom is 0.158 e. The predicted octanol–water partition coefficient (Wildman–Crippen LogP) is 3.02. The summed E-state index contributed by atoms with van der Waals surface area (Å²) in [5.41, 5.74) is 3.67. The molecule has 0 N–H and O–H groups in total. The third-order valence-corrected chi connectivity index (χ3v) is 2.36. The average molecular weight is 164 g/mol. The molecule has 66 valence electrons. The van der Waals surface area contributed by atoms with E-state index in [1.807, 2.05) is 6.92 Å². The molecule has 0 bridgehead atoms. The Balaban J connectivity index is 2.65. The van der Waals surface area contributed by atoms with Crippen LogP contribution in [0.1, 0.15) is 40.0 Å². The van der Waals surface area contributed by atoms with Gasteiger partial charge in [-0.3, -0.25) is 4.79 Å². The third-order valence-electron chi connectivity index (χ3n) is 2.36. The van der Waals surface area contributed by atoms with Crippen LogP contribution in [-0.4, -0.2) is 5.78 Å². The first-order chi connectivity index (χ1) is 5.61. The van der Waals surface area contributed by atoms with E-state index in [2.05, 4.69) is 19.9 Å². The molecule has 0 spiro atoms. The summed E-state index contributed by atoms with van der Waals surface area (Å²) in [7, 11) is 0. The predicted molar refractivity (Wildman–Crippen MR) is 51.0 cm³/mol. The van der Waals surface area contributed by atoms with Gasteiger partial charge in [-0.05, 0) is 39.2 Å². The van der Waals surface area contributed by atoms with Gasteiger partial charge in [0.25, 0.3) is 0 Å². The zero-order valence-corrected chi connectivity index (χ0v) is 8.11. The smallest absolute Gasteiger partial charge is 0.158 e. The molecule has 0 saturated carbocycles. The van der Waals surface area contributed by atoms with Gasteiger partial charge in [0.05, 0.1) is 0 Å². The lowest BCUT2D eigenvalue weighted by molar-refractivity contribution is -0.114. The summed E-state index contributed by atoms with van der Waals surface area (Å²) in [5, 5.41) is 0. The topological polar surface area (TPSA) is 17.1 Å². The van der Waals surface area contributed by atoms with Crippen LogP contribution in [0.25, 0.3) is 0 Å². The molecule has 1 aliphatic carbocycles. The van der Waals surface area contributed by atoms with Crippen LogP contribution >= 0.6 is 0 Å². The number of rotatable bonds is 2. The maximum atomic E-state index is 11.2. The largest absolute Gasteiger partial charge is 0.295 e. The van der Waals surface area contributed by atoms with Crippen molar-refractivity contribution in [3.05, 3.63) is 22.8 Å². The van der Waals surface area contributed by atoms with Crippen molar-refractivity contribution in [2.24, 2.45) is 0 Å². The molecule has 1 heteroatoms. The van der Waals surface area contributed by atoms with Crippen LogP contribution in [-0.2, 0) is 4.79 Å². The van der Waals surface area contributed by atoms with E-state index < -0.39 is 0 Å². The summed E-state index contributed by atoms with van der Waals surface area (Å²) in [5.74, 6) is 0.340. The van der Waals surface area contributed by atoms with Gasteiger partial charge >= 0.3 is 0 Å². The lowest BCUT2D eigenvalue weighted by Gasteiger charge is -1.97. The van der Waals surface area contributed by atoms with Gasteiger partial charge in [-0.25, -0.2) is 0 Å². The van der Waals surface area contributed by atoms with E-state index in [0.717, 1.165) is 24.8 Å². The van der Waals surface area contributed by atoms with E-state index in [1.54, 1.807) is 0 Å². The van der Waals surface area contributed by atoms with Crippen LogP contribution in [0.4, 0.5) is 0 Å². The highest BCUT2D eigenvalue weighted by atomic mass is 16.1. The Morgan fingerprint density at radius 3 is 2.50 bits per heavy atom. The summed E-state index contributed by atoms with van der Waals surface area (Å²) in [4.78, 5) is 11.2. The first kappa shape index (κ1) is 9.24. The van der Waals surface area contributed by atoms with Gasteiger partial charge < -0.3 is 0 Å². The van der Waals surface area contributed by atoms with Crippen LogP contribution in [0.5, 0.6) is 0 Å². The minimum Gasteiger partial charge on any atom is -0.295 e. The second-order valence-electron chi connectivity index (χ2n) is 3.64. The molecule has 1 nitrogen and oxygen atoms in total. The van der Waals surface area contributed by atoms with Gasteiger partial charge in [-0.2, -0.15) is 0 Å².